The van der Waals surface area contributed by atoms with Gasteiger partial charge in [-0.25, -0.2) is 0 Å². The van der Waals surface area contributed by atoms with Crippen LogP contribution in [-0.4, -0.2) is 35.8 Å². The molecule has 0 N–H and O–H groups in total. The molecule has 340 valence electrons. The third-order valence-corrected chi connectivity index (χ3v) is 10.7. The predicted molar refractivity (Wildman–Crippen MR) is 252 cm³/mol. The monoisotopic (exact) mass is 913 g/mol. The van der Waals surface area contributed by atoms with Gasteiger partial charge in [-0.05, 0) is 25.7 Å². The SMILES string of the molecule is CCCCCCCCCCCCCCCCCC(=O)[O-].CCCCCCCCCCCCCCCCCC(=O)[O-].[CH2]CCCCCCC.[CH2]CCCCCCC.[Sn+2]. The first-order chi connectivity index (χ1) is 27.4. The molecule has 0 rings (SSSR count). The third-order valence-electron chi connectivity index (χ3n) is 10.7. The number of carboxylic acid groups (broad SMARTS) is 2. The van der Waals surface area contributed by atoms with E-state index >= 15 is 0 Å². The largest absolute Gasteiger partial charge is 2.00 e. The van der Waals surface area contributed by atoms with Crippen LogP contribution in [0, 0.1) is 13.8 Å². The second-order valence-electron chi connectivity index (χ2n) is 16.7. The average molecular weight is 912 g/mol. The number of carbonyl (C=O) groups is 2. The predicted octanol–water partition coefficient (Wildman–Crippen LogP) is 16.0. The quantitative estimate of drug-likeness (QED) is 0.0451. The summed E-state index contributed by atoms with van der Waals surface area (Å²) in [6.45, 7) is 16.6. The van der Waals surface area contributed by atoms with Crippen molar-refractivity contribution >= 4 is 35.8 Å². The van der Waals surface area contributed by atoms with Crippen molar-refractivity contribution < 1.29 is 19.8 Å². The fourth-order valence-corrected chi connectivity index (χ4v) is 6.84. The topological polar surface area (TPSA) is 80.3 Å². The van der Waals surface area contributed by atoms with Gasteiger partial charge in [0.2, 0.25) is 0 Å². The van der Waals surface area contributed by atoms with E-state index in [1.54, 1.807) is 0 Å². The van der Waals surface area contributed by atoms with E-state index in [1.165, 1.54) is 231 Å². The molecule has 0 atom stereocenters. The molecule has 0 unspecified atom stereocenters. The van der Waals surface area contributed by atoms with Crippen LogP contribution < -0.4 is 10.2 Å². The Balaban J connectivity index is -0.000000228. The van der Waals surface area contributed by atoms with Crippen molar-refractivity contribution in [1.29, 1.82) is 0 Å². The number of hydrogen-bond donors (Lipinski definition) is 0. The van der Waals surface area contributed by atoms with Gasteiger partial charge in [0.15, 0.2) is 0 Å². The number of carboxylic acids is 2. The molecule has 5 heteroatoms. The number of carbonyl (C=O) groups excluding carboxylic acids is 2. The molecule has 0 saturated heterocycles. The zero-order valence-corrected chi connectivity index (χ0v) is 42.5. The van der Waals surface area contributed by atoms with E-state index in [4.69, 9.17) is 0 Å². The number of unbranched alkanes of at least 4 members (excludes halogenated alkanes) is 38. The van der Waals surface area contributed by atoms with Gasteiger partial charge in [-0.15, -0.1) is 0 Å². The molecule has 0 saturated carbocycles. The Hall–Kier alpha value is -0.261. The second kappa shape index (κ2) is 67.5. The minimum atomic E-state index is -0.903. The fourth-order valence-electron chi connectivity index (χ4n) is 6.84. The summed E-state index contributed by atoms with van der Waals surface area (Å²) in [4.78, 5) is 20.4. The Labute approximate surface area is 377 Å². The number of rotatable bonds is 42. The molecule has 0 aliphatic rings. The maximum absolute atomic E-state index is 10.2. The average Bonchev–Trinajstić information content (AvgIpc) is 3.19. The summed E-state index contributed by atoms with van der Waals surface area (Å²) in [5, 5.41) is 20.4. The van der Waals surface area contributed by atoms with Gasteiger partial charge in [-0.3, -0.25) is 0 Å². The Bertz CT molecular complexity index is 602. The summed E-state index contributed by atoms with van der Waals surface area (Å²) in [5.41, 5.74) is 0. The molecule has 0 aliphatic heterocycles. The van der Waals surface area contributed by atoms with E-state index < -0.39 is 11.9 Å². The molecular formula is C52H104O4Sn. The van der Waals surface area contributed by atoms with Crippen LogP contribution in [0.5, 0.6) is 0 Å². The molecule has 0 heterocycles. The van der Waals surface area contributed by atoms with E-state index in [0.717, 1.165) is 38.5 Å². The molecule has 4 nitrogen and oxygen atoms in total. The molecule has 0 aromatic carbocycles. The molecule has 4 radical (unpaired) electrons. The Morgan fingerprint density at radius 3 is 0.561 bits per heavy atom. The van der Waals surface area contributed by atoms with Crippen LogP contribution in [0.2, 0.25) is 0 Å². The van der Waals surface area contributed by atoms with Crippen molar-refractivity contribution in [2.45, 2.75) is 310 Å². The molecule has 0 amide bonds. The van der Waals surface area contributed by atoms with Crippen LogP contribution in [0.1, 0.15) is 310 Å². The van der Waals surface area contributed by atoms with Crippen molar-refractivity contribution in [3.8, 4) is 0 Å². The molecule has 0 fully saturated rings. The molecule has 0 aromatic heterocycles. The van der Waals surface area contributed by atoms with E-state index in [1.807, 2.05) is 0 Å². The summed E-state index contributed by atoms with van der Waals surface area (Å²) in [6, 6.07) is 0. The number of hydrogen-bond acceptors (Lipinski definition) is 4. The smallest absolute Gasteiger partial charge is 0.550 e. The zero-order chi connectivity index (χ0) is 42.3. The standard InChI is InChI=1S/2C18H36O2.2C8H17.Sn/c2*1-2-3-4-5-6-7-8-9-10-11-12-13-14-15-16-17-18(19)20;2*1-3-5-7-8-6-4-2;/h2*2-17H2,1H3,(H,19,20);2*1,3-8H2,2H3;/q;;;;+2/p-2. The summed E-state index contributed by atoms with van der Waals surface area (Å²) < 4.78 is 0. The zero-order valence-electron chi connectivity index (χ0n) is 39.7. The van der Waals surface area contributed by atoms with Gasteiger partial charge in [0.25, 0.3) is 0 Å². The second-order valence-corrected chi connectivity index (χ2v) is 16.7. The van der Waals surface area contributed by atoms with Crippen LogP contribution in [-0.2, 0) is 9.59 Å². The van der Waals surface area contributed by atoms with Crippen molar-refractivity contribution in [2.75, 3.05) is 0 Å². The normalized spacial score (nSPS) is 10.4. The molecule has 0 aromatic rings. The van der Waals surface area contributed by atoms with Crippen LogP contribution in [0.15, 0.2) is 0 Å². The molecule has 57 heavy (non-hydrogen) atoms. The van der Waals surface area contributed by atoms with Gasteiger partial charge in [0, 0.05) is 11.9 Å². The maximum atomic E-state index is 10.2. The van der Waals surface area contributed by atoms with Crippen LogP contribution in [0.25, 0.3) is 0 Å². The minimum absolute atomic E-state index is 0. The van der Waals surface area contributed by atoms with Gasteiger partial charge in [0.05, 0.1) is 0 Å². The van der Waals surface area contributed by atoms with Crippen molar-refractivity contribution in [3.63, 3.8) is 0 Å². The van der Waals surface area contributed by atoms with Crippen molar-refractivity contribution in [3.05, 3.63) is 13.8 Å². The van der Waals surface area contributed by atoms with Gasteiger partial charge in [0.1, 0.15) is 0 Å². The van der Waals surface area contributed by atoms with Gasteiger partial charge < -0.3 is 19.8 Å². The molecule has 0 aliphatic carbocycles. The minimum Gasteiger partial charge on any atom is -0.550 e. The van der Waals surface area contributed by atoms with Crippen molar-refractivity contribution in [1.82, 2.24) is 0 Å². The first-order valence-corrected chi connectivity index (χ1v) is 25.4. The molecular weight excluding hydrogens is 807 g/mol. The van der Waals surface area contributed by atoms with Crippen LogP contribution in [0.3, 0.4) is 0 Å². The van der Waals surface area contributed by atoms with E-state index in [0.29, 0.717) is 0 Å². The van der Waals surface area contributed by atoms with Crippen molar-refractivity contribution in [2.24, 2.45) is 0 Å². The van der Waals surface area contributed by atoms with Crippen LogP contribution >= 0.6 is 0 Å². The molecule has 0 bridgehead atoms. The first kappa shape index (κ1) is 65.9. The number of aliphatic carboxylic acids is 2. The summed E-state index contributed by atoms with van der Waals surface area (Å²) in [5.74, 6) is -1.81. The fraction of sp³-hybridized carbons (Fsp3) is 0.923. The Kier molecular flexibility index (Phi) is 78.0. The summed E-state index contributed by atoms with van der Waals surface area (Å²) in [7, 11) is 0. The van der Waals surface area contributed by atoms with E-state index in [9.17, 15) is 19.8 Å². The van der Waals surface area contributed by atoms with E-state index in [-0.39, 0.29) is 36.7 Å². The van der Waals surface area contributed by atoms with Gasteiger partial charge in [-0.1, -0.05) is 298 Å². The van der Waals surface area contributed by atoms with Gasteiger partial charge in [-0.2, -0.15) is 0 Å². The van der Waals surface area contributed by atoms with E-state index in [2.05, 4.69) is 41.5 Å². The van der Waals surface area contributed by atoms with Crippen LogP contribution in [0.4, 0.5) is 0 Å². The first-order valence-electron chi connectivity index (χ1n) is 25.4. The summed E-state index contributed by atoms with van der Waals surface area (Å²) in [6.07, 6.45) is 55.7. The molecule has 0 spiro atoms. The summed E-state index contributed by atoms with van der Waals surface area (Å²) >= 11 is 0. The maximum Gasteiger partial charge on any atom is 2.00 e. The van der Waals surface area contributed by atoms with Gasteiger partial charge >= 0.3 is 23.9 Å². The Morgan fingerprint density at radius 2 is 0.421 bits per heavy atom. The Morgan fingerprint density at radius 1 is 0.281 bits per heavy atom. The third kappa shape index (κ3) is 84.1.